The minimum absolute atomic E-state index is 0.105. The van der Waals surface area contributed by atoms with Crippen molar-refractivity contribution in [2.75, 3.05) is 51.2 Å². The summed E-state index contributed by atoms with van der Waals surface area (Å²) in [6, 6.07) is 8.09. The Labute approximate surface area is 174 Å². The Balaban J connectivity index is 1.35. The number of anilines is 1. The molecule has 3 aliphatic rings. The number of ether oxygens (including phenoxy) is 1. The quantitative estimate of drug-likeness (QED) is 0.843. The molecule has 3 fully saturated rings. The summed E-state index contributed by atoms with van der Waals surface area (Å²) in [4.78, 5) is 19.7. The van der Waals surface area contributed by atoms with E-state index >= 15 is 0 Å². The third-order valence-electron chi connectivity index (χ3n) is 6.96. The molecule has 3 heterocycles. The van der Waals surface area contributed by atoms with Gasteiger partial charge in [-0.3, -0.25) is 4.79 Å². The lowest BCUT2D eigenvalue weighted by molar-refractivity contribution is -0.179. The molecule has 0 radical (unpaired) electrons. The number of aliphatic hydroxyl groups is 1. The SMILES string of the molecule is CC[C@H]1C[C@@H](O)CC2(CCN(C(=O)c3ccc(N4CCN(C)CC4)cc3)CC2)O1. The number of aliphatic hydroxyl groups excluding tert-OH is 1. The number of carbonyl (C=O) groups is 1. The van der Waals surface area contributed by atoms with Crippen molar-refractivity contribution in [3.63, 3.8) is 0 Å². The number of piperazine rings is 1. The molecule has 1 spiro atoms. The predicted molar refractivity (Wildman–Crippen MR) is 114 cm³/mol. The van der Waals surface area contributed by atoms with E-state index in [1.54, 1.807) is 0 Å². The van der Waals surface area contributed by atoms with Crippen molar-refractivity contribution in [2.24, 2.45) is 0 Å². The Morgan fingerprint density at radius 2 is 1.76 bits per heavy atom. The van der Waals surface area contributed by atoms with E-state index in [0.717, 1.165) is 57.4 Å². The maximum atomic E-state index is 13.0. The average molecular weight is 402 g/mol. The van der Waals surface area contributed by atoms with Gasteiger partial charge in [-0.15, -0.1) is 0 Å². The second-order valence-corrected chi connectivity index (χ2v) is 9.05. The number of nitrogens with zero attached hydrogens (tertiary/aromatic N) is 3. The summed E-state index contributed by atoms with van der Waals surface area (Å²) in [6.07, 6.45) is 3.85. The lowest BCUT2D eigenvalue weighted by atomic mass is 9.81. The number of hydrogen-bond donors (Lipinski definition) is 1. The Morgan fingerprint density at radius 1 is 1.10 bits per heavy atom. The van der Waals surface area contributed by atoms with Gasteiger partial charge in [-0.05, 0) is 57.0 Å². The van der Waals surface area contributed by atoms with Gasteiger partial charge in [-0.2, -0.15) is 0 Å². The van der Waals surface area contributed by atoms with Gasteiger partial charge in [0, 0.05) is 56.9 Å². The van der Waals surface area contributed by atoms with Gasteiger partial charge in [-0.25, -0.2) is 0 Å². The molecule has 160 valence electrons. The van der Waals surface area contributed by atoms with Gasteiger partial charge in [0.1, 0.15) is 0 Å². The molecule has 29 heavy (non-hydrogen) atoms. The minimum Gasteiger partial charge on any atom is -0.393 e. The van der Waals surface area contributed by atoms with Crippen molar-refractivity contribution in [3.05, 3.63) is 29.8 Å². The Morgan fingerprint density at radius 3 is 2.38 bits per heavy atom. The number of likely N-dealkylation sites (tertiary alicyclic amines) is 1. The summed E-state index contributed by atoms with van der Waals surface area (Å²) in [5.74, 6) is 0.105. The lowest BCUT2D eigenvalue weighted by Crippen LogP contribution is -2.53. The zero-order valence-corrected chi connectivity index (χ0v) is 17.8. The normalized spacial score (nSPS) is 28.0. The van der Waals surface area contributed by atoms with Crippen LogP contribution < -0.4 is 4.90 Å². The highest BCUT2D eigenvalue weighted by Crippen LogP contribution is 2.38. The number of rotatable bonds is 3. The third kappa shape index (κ3) is 4.60. The van der Waals surface area contributed by atoms with E-state index in [9.17, 15) is 9.90 Å². The first-order chi connectivity index (χ1) is 14.0. The molecule has 6 heteroatoms. The number of hydrogen-bond acceptors (Lipinski definition) is 5. The minimum atomic E-state index is -0.280. The number of benzene rings is 1. The molecular formula is C23H35N3O3. The molecular weight excluding hydrogens is 366 g/mol. The second kappa shape index (κ2) is 8.62. The van der Waals surface area contributed by atoms with E-state index in [1.165, 1.54) is 5.69 Å². The molecule has 1 aromatic rings. The standard InChI is InChI=1S/C23H35N3O3/c1-3-21-16-20(27)17-23(29-21)8-10-26(11-9-23)22(28)18-4-6-19(7-5-18)25-14-12-24(2)13-15-25/h4-7,20-21,27H,3,8-17H2,1-2H3/t20-,21+/m1/s1. The Kier molecular flexibility index (Phi) is 6.13. The smallest absolute Gasteiger partial charge is 0.253 e. The first kappa shape index (κ1) is 20.6. The third-order valence-corrected chi connectivity index (χ3v) is 6.96. The highest BCUT2D eigenvalue weighted by Gasteiger charge is 2.43. The van der Waals surface area contributed by atoms with Crippen molar-refractivity contribution in [1.29, 1.82) is 0 Å². The Hall–Kier alpha value is -1.63. The first-order valence-electron chi connectivity index (χ1n) is 11.2. The zero-order valence-electron chi connectivity index (χ0n) is 17.8. The highest BCUT2D eigenvalue weighted by molar-refractivity contribution is 5.94. The molecule has 0 aromatic heterocycles. The van der Waals surface area contributed by atoms with Crippen molar-refractivity contribution in [2.45, 2.75) is 56.8 Å². The van der Waals surface area contributed by atoms with E-state index in [0.29, 0.717) is 19.5 Å². The van der Waals surface area contributed by atoms with E-state index < -0.39 is 0 Å². The van der Waals surface area contributed by atoms with Crippen LogP contribution in [-0.2, 0) is 4.74 Å². The largest absolute Gasteiger partial charge is 0.393 e. The van der Waals surface area contributed by atoms with Crippen LogP contribution in [0, 0.1) is 0 Å². The lowest BCUT2D eigenvalue weighted by Gasteiger charge is -2.47. The fraction of sp³-hybridized carbons (Fsp3) is 0.696. The molecule has 3 aliphatic heterocycles. The number of amides is 1. The monoisotopic (exact) mass is 401 g/mol. The summed E-state index contributed by atoms with van der Waals surface area (Å²) in [6.45, 7) is 7.72. The maximum absolute atomic E-state index is 13.0. The van der Waals surface area contributed by atoms with Crippen molar-refractivity contribution >= 4 is 11.6 Å². The van der Waals surface area contributed by atoms with Crippen LogP contribution in [0.3, 0.4) is 0 Å². The van der Waals surface area contributed by atoms with Gasteiger partial charge in [0.15, 0.2) is 0 Å². The van der Waals surface area contributed by atoms with Gasteiger partial charge < -0.3 is 24.5 Å². The molecule has 1 aromatic carbocycles. The van der Waals surface area contributed by atoms with Crippen LogP contribution in [0.25, 0.3) is 0 Å². The van der Waals surface area contributed by atoms with E-state index in [4.69, 9.17) is 4.74 Å². The van der Waals surface area contributed by atoms with E-state index in [1.807, 2.05) is 17.0 Å². The van der Waals surface area contributed by atoms with Crippen LogP contribution in [0.15, 0.2) is 24.3 Å². The molecule has 1 amide bonds. The van der Waals surface area contributed by atoms with Gasteiger partial charge in [0.05, 0.1) is 17.8 Å². The number of carbonyl (C=O) groups excluding carboxylic acids is 1. The van der Waals surface area contributed by atoms with Gasteiger partial charge in [0.25, 0.3) is 5.91 Å². The second-order valence-electron chi connectivity index (χ2n) is 9.05. The number of piperidine rings is 1. The van der Waals surface area contributed by atoms with Crippen molar-refractivity contribution in [3.8, 4) is 0 Å². The van der Waals surface area contributed by atoms with Crippen LogP contribution in [0.2, 0.25) is 0 Å². The molecule has 0 bridgehead atoms. The average Bonchev–Trinajstić information content (AvgIpc) is 2.74. The fourth-order valence-electron chi connectivity index (χ4n) is 5.02. The van der Waals surface area contributed by atoms with E-state index in [-0.39, 0.29) is 23.7 Å². The van der Waals surface area contributed by atoms with Gasteiger partial charge in [-0.1, -0.05) is 6.92 Å². The van der Waals surface area contributed by atoms with Crippen LogP contribution in [0.4, 0.5) is 5.69 Å². The van der Waals surface area contributed by atoms with Crippen molar-refractivity contribution < 1.29 is 14.6 Å². The van der Waals surface area contributed by atoms with Gasteiger partial charge >= 0.3 is 0 Å². The highest BCUT2D eigenvalue weighted by atomic mass is 16.5. The predicted octanol–water partition coefficient (Wildman–Crippen LogP) is 2.36. The molecule has 1 N–H and O–H groups in total. The van der Waals surface area contributed by atoms with Crippen LogP contribution in [0.5, 0.6) is 0 Å². The summed E-state index contributed by atoms with van der Waals surface area (Å²) in [5.41, 5.74) is 1.71. The molecule has 4 rings (SSSR count). The summed E-state index contributed by atoms with van der Waals surface area (Å²) in [5, 5.41) is 10.3. The molecule has 6 nitrogen and oxygen atoms in total. The van der Waals surface area contributed by atoms with E-state index in [2.05, 4.69) is 35.9 Å². The Bertz CT molecular complexity index is 692. The molecule has 2 atom stereocenters. The van der Waals surface area contributed by atoms with Crippen LogP contribution in [0.1, 0.15) is 49.4 Å². The first-order valence-corrected chi connectivity index (χ1v) is 11.2. The van der Waals surface area contributed by atoms with Gasteiger partial charge in [0.2, 0.25) is 0 Å². The molecule has 3 saturated heterocycles. The summed E-state index contributed by atoms with van der Waals surface area (Å²) in [7, 11) is 2.16. The topological polar surface area (TPSA) is 56.2 Å². The summed E-state index contributed by atoms with van der Waals surface area (Å²) < 4.78 is 6.35. The molecule has 0 aliphatic carbocycles. The summed E-state index contributed by atoms with van der Waals surface area (Å²) >= 11 is 0. The zero-order chi connectivity index (χ0) is 20.4. The number of likely N-dealkylation sites (N-methyl/N-ethyl adjacent to an activating group) is 1. The maximum Gasteiger partial charge on any atom is 0.253 e. The molecule has 0 saturated carbocycles. The van der Waals surface area contributed by atoms with Crippen molar-refractivity contribution in [1.82, 2.24) is 9.80 Å². The van der Waals surface area contributed by atoms with Crippen LogP contribution in [-0.4, -0.2) is 84.9 Å². The van der Waals surface area contributed by atoms with Crippen LogP contribution >= 0.6 is 0 Å². The fourth-order valence-corrected chi connectivity index (χ4v) is 5.02. The molecule has 0 unspecified atom stereocenters.